The zero-order valence-corrected chi connectivity index (χ0v) is 6.62. The number of hydrogen-bond donors (Lipinski definition) is 3. The van der Waals surface area contributed by atoms with E-state index in [1.54, 1.807) is 12.1 Å². The molecule has 5 heteroatoms. The van der Waals surface area contributed by atoms with Crippen LogP contribution in [0.3, 0.4) is 0 Å². The van der Waals surface area contributed by atoms with E-state index in [1.165, 1.54) is 6.07 Å². The highest BCUT2D eigenvalue weighted by molar-refractivity contribution is 5.96. The lowest BCUT2D eigenvalue weighted by atomic mass is 10.1. The van der Waals surface area contributed by atoms with Crippen LogP contribution < -0.4 is 0 Å². The Kier molecular flexibility index (Phi) is 2.86. The summed E-state index contributed by atoms with van der Waals surface area (Å²) in [7, 11) is 0. The van der Waals surface area contributed by atoms with Gasteiger partial charge >= 0.3 is 0 Å². The van der Waals surface area contributed by atoms with E-state index in [9.17, 15) is 5.11 Å². The van der Waals surface area contributed by atoms with Gasteiger partial charge in [-0.3, -0.25) is 0 Å². The van der Waals surface area contributed by atoms with Crippen LogP contribution in [-0.4, -0.2) is 28.0 Å². The van der Waals surface area contributed by atoms with Gasteiger partial charge in [-0.25, -0.2) is 0 Å². The molecular weight excluding hydrogens is 172 g/mol. The molecule has 68 valence electrons. The van der Waals surface area contributed by atoms with Gasteiger partial charge in [0, 0.05) is 11.1 Å². The second-order valence-corrected chi connectivity index (χ2v) is 2.27. The first-order chi connectivity index (χ1) is 6.29. The molecule has 3 N–H and O–H groups in total. The Morgan fingerprint density at radius 2 is 1.77 bits per heavy atom. The van der Waals surface area contributed by atoms with Gasteiger partial charge in [-0.15, -0.1) is 0 Å². The molecule has 0 aliphatic carbocycles. The van der Waals surface area contributed by atoms with Crippen molar-refractivity contribution in [3.8, 4) is 5.75 Å². The van der Waals surface area contributed by atoms with Crippen molar-refractivity contribution in [3.63, 3.8) is 0 Å². The van der Waals surface area contributed by atoms with Crippen LogP contribution in [0.2, 0.25) is 0 Å². The van der Waals surface area contributed by atoms with Crippen molar-refractivity contribution in [2.45, 2.75) is 0 Å². The van der Waals surface area contributed by atoms with E-state index >= 15 is 0 Å². The van der Waals surface area contributed by atoms with Crippen LogP contribution in [0.15, 0.2) is 28.5 Å². The zero-order valence-electron chi connectivity index (χ0n) is 6.62. The van der Waals surface area contributed by atoms with E-state index < -0.39 is 0 Å². The van der Waals surface area contributed by atoms with Gasteiger partial charge < -0.3 is 15.5 Å². The largest absolute Gasteiger partial charge is 0.507 e. The van der Waals surface area contributed by atoms with Crippen molar-refractivity contribution >= 4 is 12.4 Å². The Morgan fingerprint density at radius 3 is 2.38 bits per heavy atom. The van der Waals surface area contributed by atoms with Crippen molar-refractivity contribution in [2.24, 2.45) is 10.3 Å². The minimum atomic E-state index is -0.0461. The van der Waals surface area contributed by atoms with Crippen molar-refractivity contribution in [1.82, 2.24) is 0 Å². The summed E-state index contributed by atoms with van der Waals surface area (Å²) in [4.78, 5) is 0. The van der Waals surface area contributed by atoms with Crippen LogP contribution in [0.4, 0.5) is 0 Å². The molecule has 13 heavy (non-hydrogen) atoms. The number of rotatable bonds is 2. The maximum Gasteiger partial charge on any atom is 0.125 e. The predicted molar refractivity (Wildman–Crippen MR) is 46.9 cm³/mol. The molecule has 0 amide bonds. The summed E-state index contributed by atoms with van der Waals surface area (Å²) >= 11 is 0. The second-order valence-electron chi connectivity index (χ2n) is 2.27. The number of aromatic hydroxyl groups is 1. The van der Waals surface area contributed by atoms with E-state index in [0.29, 0.717) is 11.1 Å². The number of oxime groups is 2. The topological polar surface area (TPSA) is 85.4 Å². The summed E-state index contributed by atoms with van der Waals surface area (Å²) in [6, 6.07) is 4.63. The van der Waals surface area contributed by atoms with E-state index in [2.05, 4.69) is 10.3 Å². The van der Waals surface area contributed by atoms with Crippen LogP contribution in [-0.2, 0) is 0 Å². The van der Waals surface area contributed by atoms with Crippen LogP contribution >= 0.6 is 0 Å². The predicted octanol–water partition coefficient (Wildman–Crippen LogP) is 1.01. The molecule has 0 unspecified atom stereocenters. The van der Waals surface area contributed by atoms with E-state index in [-0.39, 0.29) is 5.75 Å². The third-order valence-electron chi connectivity index (χ3n) is 1.50. The number of benzene rings is 1. The lowest BCUT2D eigenvalue weighted by Gasteiger charge is -2.00. The van der Waals surface area contributed by atoms with Gasteiger partial charge in [0.1, 0.15) is 5.75 Å². The van der Waals surface area contributed by atoms with Crippen LogP contribution in [0, 0.1) is 0 Å². The molecule has 0 saturated heterocycles. The Balaban J connectivity index is 3.25. The summed E-state index contributed by atoms with van der Waals surface area (Å²) in [5.41, 5.74) is 0.753. The summed E-state index contributed by atoms with van der Waals surface area (Å²) in [5, 5.41) is 31.5. The van der Waals surface area contributed by atoms with Crippen molar-refractivity contribution in [1.29, 1.82) is 0 Å². The maximum absolute atomic E-state index is 9.30. The zero-order chi connectivity index (χ0) is 9.68. The molecule has 0 aliphatic rings. The van der Waals surface area contributed by atoms with Crippen LogP contribution in [0.1, 0.15) is 11.1 Å². The standard InChI is InChI=1S/C8H8N2O3/c11-8-3-1-2-6(4-9-12)7(8)5-10-13/h1-5,11-13H. The van der Waals surface area contributed by atoms with Gasteiger partial charge in [0.2, 0.25) is 0 Å². The van der Waals surface area contributed by atoms with E-state index in [1.807, 2.05) is 0 Å². The van der Waals surface area contributed by atoms with Gasteiger partial charge in [0.25, 0.3) is 0 Å². The SMILES string of the molecule is ON=Cc1cccc(O)c1C=NO. The summed E-state index contributed by atoms with van der Waals surface area (Å²) in [6.45, 7) is 0. The van der Waals surface area contributed by atoms with Gasteiger partial charge in [-0.1, -0.05) is 22.4 Å². The first-order valence-electron chi connectivity index (χ1n) is 3.46. The van der Waals surface area contributed by atoms with Crippen molar-refractivity contribution in [3.05, 3.63) is 29.3 Å². The Hall–Kier alpha value is -2.04. The van der Waals surface area contributed by atoms with Crippen molar-refractivity contribution < 1.29 is 15.5 Å². The first-order valence-corrected chi connectivity index (χ1v) is 3.46. The Morgan fingerprint density at radius 1 is 1.08 bits per heavy atom. The monoisotopic (exact) mass is 180 g/mol. The molecule has 0 saturated carbocycles. The summed E-state index contributed by atoms with van der Waals surface area (Å²) in [5.74, 6) is -0.0461. The molecule has 0 heterocycles. The normalized spacial score (nSPS) is 11.4. The molecule has 0 spiro atoms. The molecule has 0 aliphatic heterocycles. The lowest BCUT2D eigenvalue weighted by molar-refractivity contribution is 0.321. The number of nitrogens with zero attached hydrogens (tertiary/aromatic N) is 2. The molecule has 1 rings (SSSR count). The molecule has 0 aromatic heterocycles. The fourth-order valence-corrected chi connectivity index (χ4v) is 0.944. The lowest BCUT2D eigenvalue weighted by Crippen LogP contribution is -1.92. The highest BCUT2D eigenvalue weighted by atomic mass is 16.4. The van der Waals surface area contributed by atoms with Gasteiger partial charge in [-0.2, -0.15) is 0 Å². The minimum absolute atomic E-state index is 0.0461. The second kappa shape index (κ2) is 4.10. The molecule has 1 aromatic carbocycles. The van der Waals surface area contributed by atoms with Gasteiger partial charge in [0.05, 0.1) is 12.4 Å². The number of phenols is 1. The molecule has 0 fully saturated rings. The van der Waals surface area contributed by atoms with Crippen LogP contribution in [0.5, 0.6) is 5.75 Å². The average molecular weight is 180 g/mol. The first kappa shape index (κ1) is 9.05. The third kappa shape index (κ3) is 1.96. The summed E-state index contributed by atoms with van der Waals surface area (Å²) in [6.07, 6.45) is 2.20. The number of hydrogen-bond acceptors (Lipinski definition) is 5. The highest BCUT2D eigenvalue weighted by Gasteiger charge is 2.02. The fourth-order valence-electron chi connectivity index (χ4n) is 0.944. The quantitative estimate of drug-likeness (QED) is 0.360. The van der Waals surface area contributed by atoms with E-state index in [4.69, 9.17) is 10.4 Å². The van der Waals surface area contributed by atoms with E-state index in [0.717, 1.165) is 12.4 Å². The Bertz CT molecular complexity index is 347. The fraction of sp³-hybridized carbons (Fsp3) is 0. The Labute approximate surface area is 74.2 Å². The smallest absolute Gasteiger partial charge is 0.125 e. The van der Waals surface area contributed by atoms with Gasteiger partial charge in [-0.05, 0) is 6.07 Å². The maximum atomic E-state index is 9.30. The molecule has 0 atom stereocenters. The number of phenolic OH excluding ortho intramolecular Hbond substituents is 1. The summed E-state index contributed by atoms with van der Waals surface area (Å²) < 4.78 is 0. The molecular formula is C8H8N2O3. The average Bonchev–Trinajstić information content (AvgIpc) is 2.11. The molecule has 0 bridgehead atoms. The third-order valence-corrected chi connectivity index (χ3v) is 1.50. The van der Waals surface area contributed by atoms with Gasteiger partial charge in [0.15, 0.2) is 0 Å². The molecule has 1 aromatic rings. The highest BCUT2D eigenvalue weighted by Crippen LogP contribution is 2.17. The molecule has 0 radical (unpaired) electrons. The van der Waals surface area contributed by atoms with Crippen molar-refractivity contribution in [2.75, 3.05) is 0 Å². The minimum Gasteiger partial charge on any atom is -0.507 e. The molecule has 5 nitrogen and oxygen atoms in total. The van der Waals surface area contributed by atoms with Crippen LogP contribution in [0.25, 0.3) is 0 Å².